The third-order valence-corrected chi connectivity index (χ3v) is 6.28. The summed E-state index contributed by atoms with van der Waals surface area (Å²) in [7, 11) is 1.59. The standard InChI is InChI=1S/C24H30N4O3/c1-17-7-6-9-19(18(17)2)26-11-13-27(14-12-26)23(29)16-28-15-22(24(30)25-3)31-21-10-5-4-8-20(21)28/h4-10,22H,11-16H2,1-3H3,(H,25,30)/t22-/m1/s1. The highest BCUT2D eigenvalue weighted by atomic mass is 16.5. The number of anilines is 2. The highest BCUT2D eigenvalue weighted by molar-refractivity contribution is 5.86. The van der Waals surface area contributed by atoms with Gasteiger partial charge in [0, 0.05) is 38.9 Å². The molecule has 1 fully saturated rings. The summed E-state index contributed by atoms with van der Waals surface area (Å²) in [6, 6.07) is 13.9. The molecule has 1 saturated heterocycles. The van der Waals surface area contributed by atoms with Crippen molar-refractivity contribution in [3.05, 3.63) is 53.6 Å². The molecule has 2 aromatic rings. The Balaban J connectivity index is 1.42. The minimum atomic E-state index is -0.631. The Morgan fingerprint density at radius 1 is 1.00 bits per heavy atom. The predicted molar refractivity (Wildman–Crippen MR) is 122 cm³/mol. The van der Waals surface area contributed by atoms with E-state index < -0.39 is 6.10 Å². The molecule has 1 N–H and O–H groups in total. The van der Waals surface area contributed by atoms with E-state index in [0.717, 1.165) is 18.8 Å². The van der Waals surface area contributed by atoms with E-state index in [9.17, 15) is 9.59 Å². The van der Waals surface area contributed by atoms with Gasteiger partial charge in [0.1, 0.15) is 5.75 Å². The van der Waals surface area contributed by atoms with Gasteiger partial charge in [-0.15, -0.1) is 0 Å². The van der Waals surface area contributed by atoms with Crippen molar-refractivity contribution < 1.29 is 14.3 Å². The van der Waals surface area contributed by atoms with Gasteiger partial charge in [0.2, 0.25) is 5.91 Å². The minimum Gasteiger partial charge on any atom is -0.477 e. The number of aryl methyl sites for hydroxylation is 1. The summed E-state index contributed by atoms with van der Waals surface area (Å²) in [6.45, 7) is 7.88. The van der Waals surface area contributed by atoms with Gasteiger partial charge >= 0.3 is 0 Å². The fourth-order valence-electron chi connectivity index (χ4n) is 4.29. The van der Waals surface area contributed by atoms with Crippen LogP contribution in [0.15, 0.2) is 42.5 Å². The average Bonchev–Trinajstić information content (AvgIpc) is 2.80. The fourth-order valence-corrected chi connectivity index (χ4v) is 4.29. The van der Waals surface area contributed by atoms with Crippen LogP contribution in [0.4, 0.5) is 11.4 Å². The number of carbonyl (C=O) groups is 2. The van der Waals surface area contributed by atoms with Crippen LogP contribution in [0.3, 0.4) is 0 Å². The first-order valence-corrected chi connectivity index (χ1v) is 10.8. The first kappa shape index (κ1) is 21.0. The summed E-state index contributed by atoms with van der Waals surface area (Å²) < 4.78 is 5.84. The zero-order valence-corrected chi connectivity index (χ0v) is 18.4. The molecule has 7 nitrogen and oxygen atoms in total. The summed E-state index contributed by atoms with van der Waals surface area (Å²) in [4.78, 5) is 31.5. The second-order valence-electron chi connectivity index (χ2n) is 8.16. The molecule has 0 spiro atoms. The zero-order valence-electron chi connectivity index (χ0n) is 18.4. The van der Waals surface area contributed by atoms with Crippen molar-refractivity contribution in [1.29, 1.82) is 0 Å². The lowest BCUT2D eigenvalue weighted by molar-refractivity contribution is -0.131. The second kappa shape index (κ2) is 8.88. The van der Waals surface area contributed by atoms with Gasteiger partial charge in [0.05, 0.1) is 18.8 Å². The Hall–Kier alpha value is -3.22. The molecule has 2 amide bonds. The van der Waals surface area contributed by atoms with Crippen LogP contribution in [-0.2, 0) is 9.59 Å². The molecule has 2 aliphatic heterocycles. The quantitative estimate of drug-likeness (QED) is 0.816. The lowest BCUT2D eigenvalue weighted by atomic mass is 10.1. The predicted octanol–water partition coefficient (Wildman–Crippen LogP) is 1.97. The van der Waals surface area contributed by atoms with Crippen molar-refractivity contribution in [1.82, 2.24) is 10.2 Å². The molecule has 0 unspecified atom stereocenters. The van der Waals surface area contributed by atoms with E-state index in [-0.39, 0.29) is 18.4 Å². The Bertz CT molecular complexity index is 969. The van der Waals surface area contributed by atoms with E-state index in [4.69, 9.17) is 4.74 Å². The maximum absolute atomic E-state index is 13.1. The highest BCUT2D eigenvalue weighted by Gasteiger charge is 2.32. The lowest BCUT2D eigenvalue weighted by Gasteiger charge is -2.39. The molecule has 1 atom stereocenters. The Morgan fingerprint density at radius 2 is 1.71 bits per heavy atom. The van der Waals surface area contributed by atoms with Gasteiger partial charge in [-0.25, -0.2) is 0 Å². The number of ether oxygens (including phenoxy) is 1. The van der Waals surface area contributed by atoms with Crippen molar-refractivity contribution in [3.63, 3.8) is 0 Å². The summed E-state index contributed by atoms with van der Waals surface area (Å²) in [5.41, 5.74) is 4.69. The third kappa shape index (κ3) is 4.31. The molecule has 164 valence electrons. The topological polar surface area (TPSA) is 65.1 Å². The number of nitrogens with one attached hydrogen (secondary N) is 1. The van der Waals surface area contributed by atoms with Crippen molar-refractivity contribution in [2.45, 2.75) is 20.0 Å². The monoisotopic (exact) mass is 422 g/mol. The SMILES string of the molecule is CNC(=O)[C@H]1CN(CC(=O)N2CCN(c3cccc(C)c3C)CC2)c2ccccc2O1. The van der Waals surface area contributed by atoms with Gasteiger partial charge in [0.25, 0.3) is 5.91 Å². The largest absolute Gasteiger partial charge is 0.477 e. The van der Waals surface area contributed by atoms with Gasteiger partial charge < -0.3 is 24.8 Å². The number of nitrogens with zero attached hydrogens (tertiary/aromatic N) is 3. The second-order valence-corrected chi connectivity index (χ2v) is 8.16. The number of carbonyl (C=O) groups excluding carboxylic acids is 2. The maximum Gasteiger partial charge on any atom is 0.262 e. The van der Waals surface area contributed by atoms with E-state index in [1.807, 2.05) is 34.1 Å². The van der Waals surface area contributed by atoms with Crippen LogP contribution in [-0.4, -0.2) is 69.1 Å². The number of likely N-dealkylation sites (N-methyl/N-ethyl adjacent to an activating group) is 1. The third-order valence-electron chi connectivity index (χ3n) is 6.28. The molecule has 2 aromatic carbocycles. The number of rotatable bonds is 4. The van der Waals surface area contributed by atoms with E-state index in [2.05, 4.69) is 42.3 Å². The van der Waals surface area contributed by atoms with Crippen molar-refractivity contribution in [2.24, 2.45) is 0 Å². The molecule has 0 aromatic heterocycles. The van der Waals surface area contributed by atoms with E-state index in [1.54, 1.807) is 7.05 Å². The molecule has 31 heavy (non-hydrogen) atoms. The van der Waals surface area contributed by atoms with Gasteiger partial charge in [-0.2, -0.15) is 0 Å². The molecule has 0 aliphatic carbocycles. The molecule has 2 aliphatic rings. The molecule has 0 radical (unpaired) electrons. The number of amides is 2. The van der Waals surface area contributed by atoms with Crippen LogP contribution >= 0.6 is 0 Å². The average molecular weight is 423 g/mol. The fraction of sp³-hybridized carbons (Fsp3) is 0.417. The Morgan fingerprint density at radius 3 is 2.45 bits per heavy atom. The number of hydrogen-bond acceptors (Lipinski definition) is 5. The molecule has 7 heteroatoms. The van der Waals surface area contributed by atoms with Crippen molar-refractivity contribution in [2.75, 3.05) is 56.1 Å². The number of fused-ring (bicyclic) bond motifs is 1. The number of piperazine rings is 1. The van der Waals surface area contributed by atoms with Crippen LogP contribution in [0.1, 0.15) is 11.1 Å². The van der Waals surface area contributed by atoms with Gasteiger partial charge in [-0.05, 0) is 43.2 Å². The molecular weight excluding hydrogens is 392 g/mol. The van der Waals surface area contributed by atoms with Crippen LogP contribution in [0.5, 0.6) is 5.75 Å². The normalized spacial score (nSPS) is 18.3. The smallest absolute Gasteiger partial charge is 0.262 e. The first-order chi connectivity index (χ1) is 15.0. The summed E-state index contributed by atoms with van der Waals surface area (Å²) >= 11 is 0. The van der Waals surface area contributed by atoms with Crippen LogP contribution in [0, 0.1) is 13.8 Å². The summed E-state index contributed by atoms with van der Waals surface area (Å²) in [5, 5.41) is 2.64. The van der Waals surface area contributed by atoms with Crippen LogP contribution < -0.4 is 19.9 Å². The Labute approximate surface area is 183 Å². The molecule has 0 saturated carbocycles. The highest BCUT2D eigenvalue weighted by Crippen LogP contribution is 2.33. The van der Waals surface area contributed by atoms with Crippen molar-refractivity contribution in [3.8, 4) is 5.75 Å². The van der Waals surface area contributed by atoms with Gasteiger partial charge in [-0.1, -0.05) is 24.3 Å². The van der Waals surface area contributed by atoms with Crippen LogP contribution in [0.2, 0.25) is 0 Å². The van der Waals surface area contributed by atoms with Crippen LogP contribution in [0.25, 0.3) is 0 Å². The molecule has 0 bridgehead atoms. The van der Waals surface area contributed by atoms with Gasteiger partial charge in [-0.3, -0.25) is 9.59 Å². The lowest BCUT2D eigenvalue weighted by Crippen LogP contribution is -2.54. The first-order valence-electron chi connectivity index (χ1n) is 10.8. The summed E-state index contributed by atoms with van der Waals surface area (Å²) in [6.07, 6.45) is -0.631. The zero-order chi connectivity index (χ0) is 22.0. The minimum absolute atomic E-state index is 0.0768. The molecular formula is C24H30N4O3. The van der Waals surface area contributed by atoms with E-state index in [1.165, 1.54) is 16.8 Å². The number of hydrogen-bond donors (Lipinski definition) is 1. The van der Waals surface area contributed by atoms with Gasteiger partial charge in [0.15, 0.2) is 6.10 Å². The summed E-state index contributed by atoms with van der Waals surface area (Å²) in [5.74, 6) is 0.525. The number of benzene rings is 2. The van der Waals surface area contributed by atoms with E-state index in [0.29, 0.717) is 25.4 Å². The molecule has 2 heterocycles. The van der Waals surface area contributed by atoms with E-state index >= 15 is 0 Å². The number of para-hydroxylation sites is 2. The molecule has 4 rings (SSSR count). The Kier molecular flexibility index (Phi) is 6.02. The maximum atomic E-state index is 13.1. The van der Waals surface area contributed by atoms with Crippen molar-refractivity contribution >= 4 is 23.2 Å².